The van der Waals surface area contributed by atoms with Crippen molar-refractivity contribution in [3.63, 3.8) is 0 Å². The van der Waals surface area contributed by atoms with Crippen LogP contribution in [0.4, 0.5) is 0 Å². The van der Waals surface area contributed by atoms with Crippen LogP contribution in [0.15, 0.2) is 43.0 Å². The molecule has 154 valence electrons. The van der Waals surface area contributed by atoms with Gasteiger partial charge >= 0.3 is 0 Å². The largest absolute Gasteiger partial charge is 0.619 e. The summed E-state index contributed by atoms with van der Waals surface area (Å²) < 4.78 is 2.38. The van der Waals surface area contributed by atoms with Gasteiger partial charge in [-0.25, -0.2) is 9.67 Å². The zero-order chi connectivity index (χ0) is 21.0. The van der Waals surface area contributed by atoms with E-state index in [1.807, 2.05) is 18.2 Å². The van der Waals surface area contributed by atoms with Gasteiger partial charge in [0.25, 0.3) is 5.91 Å². The van der Waals surface area contributed by atoms with Crippen LogP contribution in [0, 0.1) is 16.5 Å². The van der Waals surface area contributed by atoms with E-state index >= 15 is 0 Å². The van der Waals surface area contributed by atoms with Crippen molar-refractivity contribution in [2.75, 3.05) is 0 Å². The molecule has 3 aromatic rings. The van der Waals surface area contributed by atoms with Crippen LogP contribution in [-0.2, 0) is 6.42 Å². The van der Waals surface area contributed by atoms with E-state index in [1.165, 1.54) is 18.6 Å². The lowest BCUT2D eigenvalue weighted by Gasteiger charge is -2.30. The fourth-order valence-electron chi connectivity index (χ4n) is 4.43. The Kier molecular flexibility index (Phi) is 4.13. The van der Waals surface area contributed by atoms with Crippen LogP contribution in [0.3, 0.4) is 0 Å². The second-order valence-electron chi connectivity index (χ2n) is 9.23. The van der Waals surface area contributed by atoms with Gasteiger partial charge in [-0.1, -0.05) is 26.8 Å². The maximum Gasteiger partial charge on any atom is 0.272 e. The fraction of sp³-hybridized carbons (Fsp3) is 0.409. The number of nitrogens with zero attached hydrogens (tertiary/aromatic N) is 5. The summed E-state index contributed by atoms with van der Waals surface area (Å²) in [7, 11) is 0. The first-order valence-electron chi connectivity index (χ1n) is 10.2. The molecule has 2 aliphatic carbocycles. The predicted octanol–water partition coefficient (Wildman–Crippen LogP) is 2.47. The van der Waals surface area contributed by atoms with Crippen LogP contribution in [0.25, 0.3) is 5.82 Å². The van der Waals surface area contributed by atoms with Crippen molar-refractivity contribution in [3.8, 4) is 5.82 Å². The number of pyridine rings is 1. The predicted molar refractivity (Wildman–Crippen MR) is 109 cm³/mol. The molecule has 0 spiro atoms. The summed E-state index contributed by atoms with van der Waals surface area (Å²) in [6, 6.07) is 5.45. The number of hydrogen-bond donors (Lipinski definition) is 1. The quantitative estimate of drug-likeness (QED) is 0.532. The Morgan fingerprint density at radius 2 is 2.13 bits per heavy atom. The van der Waals surface area contributed by atoms with Crippen molar-refractivity contribution in [1.29, 1.82) is 0 Å². The minimum absolute atomic E-state index is 0.220. The first-order valence-corrected chi connectivity index (χ1v) is 10.2. The topological polar surface area (TPSA) is 99.6 Å². The van der Waals surface area contributed by atoms with Crippen LogP contribution in [0.5, 0.6) is 0 Å². The van der Waals surface area contributed by atoms with Gasteiger partial charge in [0, 0.05) is 17.7 Å². The highest BCUT2D eigenvalue weighted by molar-refractivity contribution is 5.94. The summed E-state index contributed by atoms with van der Waals surface area (Å²) in [4.78, 5) is 22.1. The van der Waals surface area contributed by atoms with E-state index in [-0.39, 0.29) is 17.4 Å². The lowest BCUT2D eigenvalue weighted by Crippen LogP contribution is -2.37. The molecule has 1 fully saturated rings. The zero-order valence-corrected chi connectivity index (χ0v) is 17.2. The Hall–Kier alpha value is -3.29. The van der Waals surface area contributed by atoms with Gasteiger partial charge in [-0.3, -0.25) is 9.78 Å². The first kappa shape index (κ1) is 18.7. The number of hydrogen-bond acceptors (Lipinski definition) is 5. The van der Waals surface area contributed by atoms with Gasteiger partial charge in [-0.2, -0.15) is 9.83 Å². The molecule has 0 saturated heterocycles. The first-order chi connectivity index (χ1) is 14.3. The molecule has 0 aliphatic heterocycles. The maximum atomic E-state index is 13.4. The Balaban J connectivity index is 1.52. The molecule has 0 aromatic carbocycles. The maximum absolute atomic E-state index is 13.4. The van der Waals surface area contributed by atoms with E-state index in [4.69, 9.17) is 0 Å². The third-order valence-corrected chi connectivity index (χ3v) is 5.98. The van der Waals surface area contributed by atoms with E-state index in [0.717, 1.165) is 29.8 Å². The van der Waals surface area contributed by atoms with E-state index in [2.05, 4.69) is 41.2 Å². The van der Waals surface area contributed by atoms with Crippen molar-refractivity contribution in [1.82, 2.24) is 25.1 Å². The fourth-order valence-corrected chi connectivity index (χ4v) is 4.43. The van der Waals surface area contributed by atoms with Gasteiger partial charge in [-0.15, -0.1) is 0 Å². The summed E-state index contributed by atoms with van der Waals surface area (Å²) in [6.07, 6.45) is 7.85. The molecule has 0 bridgehead atoms. The highest BCUT2D eigenvalue weighted by Crippen LogP contribution is 2.57. The Bertz CT molecular complexity index is 1120. The van der Waals surface area contributed by atoms with Gasteiger partial charge in [-0.05, 0) is 36.3 Å². The second-order valence-corrected chi connectivity index (χ2v) is 9.23. The number of carbonyl (C=O) groups is 1. The van der Waals surface area contributed by atoms with E-state index in [1.54, 1.807) is 10.9 Å². The molecule has 8 heteroatoms. The molecule has 3 unspecified atom stereocenters. The number of amides is 1. The highest BCUT2D eigenvalue weighted by Gasteiger charge is 2.50. The van der Waals surface area contributed by atoms with Gasteiger partial charge in [0.05, 0.1) is 23.6 Å². The molecule has 2 aliphatic rings. The van der Waals surface area contributed by atoms with Gasteiger partial charge in [0.1, 0.15) is 0 Å². The molecule has 3 atom stereocenters. The molecule has 5 rings (SSSR count). The van der Waals surface area contributed by atoms with Crippen LogP contribution in [0.2, 0.25) is 0 Å². The smallest absolute Gasteiger partial charge is 0.272 e. The SMILES string of the molecule is CC(C)(C)C(NC(=O)c1nn(-c2c[n+]([O-])ccn2)c2c1CC1CC21)c1ccccn1. The molecule has 3 heterocycles. The van der Waals surface area contributed by atoms with Crippen molar-refractivity contribution in [2.45, 2.75) is 45.6 Å². The summed E-state index contributed by atoms with van der Waals surface area (Å²) in [5, 5.41) is 19.5. The van der Waals surface area contributed by atoms with Crippen molar-refractivity contribution in [3.05, 3.63) is 70.8 Å². The van der Waals surface area contributed by atoms with Crippen LogP contribution in [-0.4, -0.2) is 25.7 Å². The van der Waals surface area contributed by atoms with Crippen LogP contribution < -0.4 is 10.0 Å². The summed E-state index contributed by atoms with van der Waals surface area (Å²) in [6.45, 7) is 6.23. The third kappa shape index (κ3) is 3.12. The minimum atomic E-state index is -0.262. The molecular weight excluding hydrogens is 380 g/mol. The van der Waals surface area contributed by atoms with Gasteiger partial charge < -0.3 is 10.5 Å². The van der Waals surface area contributed by atoms with E-state index < -0.39 is 0 Å². The van der Waals surface area contributed by atoms with Crippen LogP contribution >= 0.6 is 0 Å². The molecule has 1 saturated carbocycles. The molecule has 1 amide bonds. The monoisotopic (exact) mass is 404 g/mol. The second kappa shape index (κ2) is 6.62. The third-order valence-electron chi connectivity index (χ3n) is 5.98. The number of carbonyl (C=O) groups excluding carboxylic acids is 1. The number of fused-ring (bicyclic) bond motifs is 3. The number of aromatic nitrogens is 5. The Morgan fingerprint density at radius 3 is 2.83 bits per heavy atom. The molecule has 3 aromatic heterocycles. The minimum Gasteiger partial charge on any atom is -0.619 e. The Labute approximate surface area is 174 Å². The average molecular weight is 404 g/mol. The van der Waals surface area contributed by atoms with Crippen LogP contribution in [0.1, 0.15) is 66.6 Å². The van der Waals surface area contributed by atoms with Gasteiger partial charge in [0.15, 0.2) is 11.9 Å². The molecule has 8 nitrogen and oxygen atoms in total. The lowest BCUT2D eigenvalue weighted by atomic mass is 9.84. The van der Waals surface area contributed by atoms with Crippen molar-refractivity contribution in [2.24, 2.45) is 11.3 Å². The average Bonchev–Trinajstić information content (AvgIpc) is 3.21. The summed E-state index contributed by atoms with van der Waals surface area (Å²) in [5.74, 6) is 1.17. The molecule has 1 N–H and O–H groups in total. The summed E-state index contributed by atoms with van der Waals surface area (Å²) >= 11 is 0. The zero-order valence-electron chi connectivity index (χ0n) is 17.2. The number of nitrogens with one attached hydrogen (secondary N) is 1. The Morgan fingerprint density at radius 1 is 1.30 bits per heavy atom. The molecule has 30 heavy (non-hydrogen) atoms. The normalized spacial score (nSPS) is 20.4. The van der Waals surface area contributed by atoms with E-state index in [0.29, 0.717) is 28.1 Å². The standard InChI is InChI=1S/C22H24N6O2/c1-22(2,3)20(16-6-4-5-7-23-16)25-21(29)18-15-11-13-10-14(13)19(15)28(26-18)17-12-27(30)9-8-24-17/h4-9,12-14,20H,10-11H2,1-3H3,(H,25,29). The molecular formula is C22H24N6O2. The van der Waals surface area contributed by atoms with Gasteiger partial charge in [0.2, 0.25) is 12.0 Å². The lowest BCUT2D eigenvalue weighted by molar-refractivity contribution is -0.605. The highest BCUT2D eigenvalue weighted by atomic mass is 16.5. The molecule has 0 radical (unpaired) electrons. The summed E-state index contributed by atoms with van der Waals surface area (Å²) in [5.41, 5.74) is 3.01. The van der Waals surface area contributed by atoms with E-state index in [9.17, 15) is 10.0 Å². The van der Waals surface area contributed by atoms with Crippen molar-refractivity contribution < 1.29 is 9.52 Å². The number of rotatable bonds is 4. The van der Waals surface area contributed by atoms with Crippen molar-refractivity contribution >= 4 is 5.91 Å².